The van der Waals surface area contributed by atoms with Crippen LogP contribution in [-0.4, -0.2) is 12.4 Å². The van der Waals surface area contributed by atoms with E-state index < -0.39 is 47.2 Å². The van der Waals surface area contributed by atoms with E-state index in [2.05, 4.69) is 4.74 Å². The first-order valence-electron chi connectivity index (χ1n) is 5.41. The lowest BCUT2D eigenvalue weighted by atomic mass is 10.1. The molecule has 106 valence electrons. The number of halogens is 5. The highest BCUT2D eigenvalue weighted by atomic mass is 19.2. The van der Waals surface area contributed by atoms with Crippen molar-refractivity contribution in [1.82, 2.24) is 0 Å². The third kappa shape index (κ3) is 3.42. The molecule has 0 saturated heterocycles. The molecule has 2 nitrogen and oxygen atoms in total. The van der Waals surface area contributed by atoms with Crippen LogP contribution in [0.2, 0.25) is 0 Å². The maximum absolute atomic E-state index is 13.2. The van der Waals surface area contributed by atoms with Gasteiger partial charge in [-0.1, -0.05) is 13.8 Å². The number of rotatable bonds is 5. The molecule has 0 amide bonds. The van der Waals surface area contributed by atoms with Crippen LogP contribution in [0.4, 0.5) is 22.0 Å². The first-order chi connectivity index (χ1) is 8.75. The van der Waals surface area contributed by atoms with Gasteiger partial charge in [-0.15, -0.1) is 0 Å². The van der Waals surface area contributed by atoms with Gasteiger partial charge in [-0.3, -0.25) is 4.79 Å². The van der Waals surface area contributed by atoms with Crippen LogP contribution in [0, 0.1) is 35.0 Å². The van der Waals surface area contributed by atoms with Crippen molar-refractivity contribution in [3.05, 3.63) is 29.1 Å². The van der Waals surface area contributed by atoms with Crippen molar-refractivity contribution in [2.75, 3.05) is 6.61 Å². The van der Waals surface area contributed by atoms with E-state index in [1.807, 2.05) is 0 Å². The quantitative estimate of drug-likeness (QED) is 0.470. The monoisotopic (exact) mass is 282 g/mol. The first-order valence-corrected chi connectivity index (χ1v) is 5.41. The van der Waals surface area contributed by atoms with Gasteiger partial charge >= 0.3 is 0 Å². The molecular weight excluding hydrogens is 271 g/mol. The van der Waals surface area contributed by atoms with Gasteiger partial charge in [0.2, 0.25) is 29.1 Å². The smallest absolute Gasteiger partial charge is 0.207 e. The van der Waals surface area contributed by atoms with Crippen LogP contribution in [0.5, 0.6) is 5.75 Å². The number of carbonyl (C=O) groups is 1. The highest BCUT2D eigenvalue weighted by Gasteiger charge is 2.27. The number of hydrogen-bond donors (Lipinski definition) is 0. The molecule has 0 radical (unpaired) electrons. The van der Waals surface area contributed by atoms with E-state index in [-0.39, 0.29) is 12.3 Å². The standard InChI is InChI=1S/C12H11F5O2/c1-5(2)3-6(18)4-19-12-10(16)8(14)7(13)9(15)11(12)17/h5H,3-4H2,1-2H3. The molecule has 1 rings (SSSR count). The van der Waals surface area contributed by atoms with Crippen molar-refractivity contribution in [2.24, 2.45) is 5.92 Å². The molecule has 0 spiro atoms. The summed E-state index contributed by atoms with van der Waals surface area (Å²) in [5.41, 5.74) is 0. The Balaban J connectivity index is 2.94. The van der Waals surface area contributed by atoms with E-state index in [0.717, 1.165) is 0 Å². The number of ether oxygens (including phenoxy) is 1. The van der Waals surface area contributed by atoms with Gasteiger partial charge in [-0.2, -0.15) is 8.78 Å². The molecule has 1 aromatic rings. The van der Waals surface area contributed by atoms with Gasteiger partial charge in [0.25, 0.3) is 0 Å². The summed E-state index contributed by atoms with van der Waals surface area (Å²) in [6.45, 7) is 2.71. The average molecular weight is 282 g/mol. The van der Waals surface area contributed by atoms with Crippen molar-refractivity contribution in [3.63, 3.8) is 0 Å². The fraction of sp³-hybridized carbons (Fsp3) is 0.417. The zero-order valence-corrected chi connectivity index (χ0v) is 10.2. The first kappa shape index (κ1) is 15.4. The molecule has 0 N–H and O–H groups in total. The fourth-order valence-corrected chi connectivity index (χ4v) is 1.38. The summed E-state index contributed by atoms with van der Waals surface area (Å²) in [6.07, 6.45) is 0.0788. The molecule has 1 aromatic carbocycles. The number of hydrogen-bond acceptors (Lipinski definition) is 2. The Morgan fingerprint density at radius 3 is 1.79 bits per heavy atom. The maximum Gasteiger partial charge on any atom is 0.207 e. The second-order valence-corrected chi connectivity index (χ2v) is 4.32. The topological polar surface area (TPSA) is 26.3 Å². The third-order valence-corrected chi connectivity index (χ3v) is 2.18. The minimum absolute atomic E-state index is 0.00696. The predicted octanol–water partition coefficient (Wildman–Crippen LogP) is 3.38. The summed E-state index contributed by atoms with van der Waals surface area (Å²) in [5.74, 6) is -12.6. The van der Waals surface area contributed by atoms with Gasteiger partial charge in [0.05, 0.1) is 0 Å². The highest BCUT2D eigenvalue weighted by Crippen LogP contribution is 2.29. The Morgan fingerprint density at radius 1 is 0.947 bits per heavy atom. The second kappa shape index (κ2) is 5.99. The minimum atomic E-state index is -2.27. The molecular formula is C12H11F5O2. The van der Waals surface area contributed by atoms with Gasteiger partial charge in [0.15, 0.2) is 11.5 Å². The van der Waals surface area contributed by atoms with E-state index in [9.17, 15) is 26.7 Å². The zero-order valence-electron chi connectivity index (χ0n) is 10.2. The molecule has 7 heteroatoms. The Morgan fingerprint density at radius 2 is 1.37 bits per heavy atom. The normalized spacial score (nSPS) is 10.9. The van der Waals surface area contributed by atoms with Crippen LogP contribution in [0.3, 0.4) is 0 Å². The summed E-state index contributed by atoms with van der Waals surface area (Å²) in [4.78, 5) is 11.3. The summed E-state index contributed by atoms with van der Waals surface area (Å²) < 4.78 is 69.1. The molecule has 0 aliphatic rings. The van der Waals surface area contributed by atoms with Crippen molar-refractivity contribution in [1.29, 1.82) is 0 Å². The van der Waals surface area contributed by atoms with E-state index in [1.165, 1.54) is 0 Å². The van der Waals surface area contributed by atoms with Gasteiger partial charge in [0, 0.05) is 6.42 Å². The van der Waals surface area contributed by atoms with Gasteiger partial charge in [0.1, 0.15) is 6.61 Å². The molecule has 0 aliphatic carbocycles. The Hall–Kier alpha value is -1.66. The Bertz CT molecular complexity index is 470. The molecule has 19 heavy (non-hydrogen) atoms. The lowest BCUT2D eigenvalue weighted by molar-refractivity contribution is -0.121. The van der Waals surface area contributed by atoms with E-state index in [0.29, 0.717) is 0 Å². The highest BCUT2D eigenvalue weighted by molar-refractivity contribution is 5.80. The van der Waals surface area contributed by atoms with Crippen LogP contribution in [0.1, 0.15) is 20.3 Å². The summed E-state index contributed by atoms with van der Waals surface area (Å²) in [6, 6.07) is 0. The van der Waals surface area contributed by atoms with Crippen molar-refractivity contribution in [2.45, 2.75) is 20.3 Å². The van der Waals surface area contributed by atoms with Gasteiger partial charge in [-0.25, -0.2) is 13.2 Å². The SMILES string of the molecule is CC(C)CC(=O)COc1c(F)c(F)c(F)c(F)c1F. The van der Waals surface area contributed by atoms with Crippen molar-refractivity contribution >= 4 is 5.78 Å². The van der Waals surface area contributed by atoms with E-state index in [1.54, 1.807) is 13.8 Å². The zero-order chi connectivity index (χ0) is 14.7. The minimum Gasteiger partial charge on any atom is -0.480 e. The fourth-order valence-electron chi connectivity index (χ4n) is 1.38. The summed E-state index contributed by atoms with van der Waals surface area (Å²) in [5, 5.41) is 0. The lowest BCUT2D eigenvalue weighted by Crippen LogP contribution is -2.16. The van der Waals surface area contributed by atoms with Gasteiger partial charge < -0.3 is 4.74 Å². The molecule has 0 bridgehead atoms. The Kier molecular flexibility index (Phi) is 4.85. The lowest BCUT2D eigenvalue weighted by Gasteiger charge is -2.10. The molecule has 0 fully saturated rings. The molecule has 0 unspecified atom stereocenters. The maximum atomic E-state index is 13.2. The summed E-state index contributed by atoms with van der Waals surface area (Å²) >= 11 is 0. The van der Waals surface area contributed by atoms with E-state index in [4.69, 9.17) is 0 Å². The third-order valence-electron chi connectivity index (χ3n) is 2.18. The molecule has 0 aliphatic heterocycles. The molecule has 0 heterocycles. The van der Waals surface area contributed by atoms with Gasteiger partial charge in [-0.05, 0) is 5.92 Å². The molecule has 0 atom stereocenters. The number of Topliss-reactive ketones (excluding diaryl/α,β-unsaturated/α-hetero) is 1. The number of benzene rings is 1. The van der Waals surface area contributed by atoms with Crippen LogP contribution in [0.15, 0.2) is 0 Å². The summed E-state index contributed by atoms with van der Waals surface area (Å²) in [7, 11) is 0. The van der Waals surface area contributed by atoms with E-state index >= 15 is 0 Å². The predicted molar refractivity (Wildman–Crippen MR) is 56.2 cm³/mol. The van der Waals surface area contributed by atoms with Crippen LogP contribution >= 0.6 is 0 Å². The van der Waals surface area contributed by atoms with Crippen molar-refractivity contribution < 1.29 is 31.5 Å². The number of carbonyl (C=O) groups excluding carboxylic acids is 1. The van der Waals surface area contributed by atoms with Crippen molar-refractivity contribution in [3.8, 4) is 5.75 Å². The van der Waals surface area contributed by atoms with Crippen LogP contribution in [0.25, 0.3) is 0 Å². The van der Waals surface area contributed by atoms with Crippen LogP contribution < -0.4 is 4.74 Å². The largest absolute Gasteiger partial charge is 0.480 e. The Labute approximate surface area is 106 Å². The van der Waals surface area contributed by atoms with Crippen LogP contribution in [-0.2, 0) is 4.79 Å². The molecule has 0 saturated carbocycles. The molecule has 0 aromatic heterocycles. The second-order valence-electron chi connectivity index (χ2n) is 4.32. The average Bonchev–Trinajstić information content (AvgIpc) is 2.33. The number of ketones is 1.